The van der Waals surface area contributed by atoms with Gasteiger partial charge in [-0.2, -0.15) is 5.10 Å². The van der Waals surface area contributed by atoms with Gasteiger partial charge < -0.3 is 0 Å². The van der Waals surface area contributed by atoms with Gasteiger partial charge in [-0.25, -0.2) is 14.6 Å². The SMILES string of the molecule is Cc1cc(C)n(-c2cccc(-c3cncnc3)c2)n1. The lowest BCUT2D eigenvalue weighted by Crippen LogP contribution is -1.99. The summed E-state index contributed by atoms with van der Waals surface area (Å²) in [5, 5.41) is 4.50. The van der Waals surface area contributed by atoms with Gasteiger partial charge in [0.15, 0.2) is 0 Å². The minimum atomic E-state index is 1.01. The third-order valence-corrected chi connectivity index (χ3v) is 2.99. The number of nitrogens with zero attached hydrogens (tertiary/aromatic N) is 4. The maximum atomic E-state index is 4.50. The summed E-state index contributed by atoms with van der Waals surface area (Å²) >= 11 is 0. The summed E-state index contributed by atoms with van der Waals surface area (Å²) in [6, 6.07) is 10.3. The van der Waals surface area contributed by atoms with E-state index in [2.05, 4.69) is 34.1 Å². The topological polar surface area (TPSA) is 43.6 Å². The van der Waals surface area contributed by atoms with E-state index in [0.29, 0.717) is 0 Å². The lowest BCUT2D eigenvalue weighted by Gasteiger charge is -2.07. The lowest BCUT2D eigenvalue weighted by molar-refractivity contribution is 0.834. The number of rotatable bonds is 2. The van der Waals surface area contributed by atoms with Gasteiger partial charge in [0.1, 0.15) is 6.33 Å². The second kappa shape index (κ2) is 4.65. The quantitative estimate of drug-likeness (QED) is 0.702. The predicted octanol–water partition coefficient (Wildman–Crippen LogP) is 2.95. The van der Waals surface area contributed by atoms with Crippen LogP contribution in [0.5, 0.6) is 0 Å². The zero-order valence-corrected chi connectivity index (χ0v) is 10.9. The summed E-state index contributed by atoms with van der Waals surface area (Å²) in [5.74, 6) is 0. The molecule has 0 atom stereocenters. The van der Waals surface area contributed by atoms with Crippen molar-refractivity contribution in [2.75, 3.05) is 0 Å². The molecule has 0 aliphatic heterocycles. The molecule has 2 aromatic heterocycles. The van der Waals surface area contributed by atoms with Gasteiger partial charge in [0, 0.05) is 23.7 Å². The van der Waals surface area contributed by atoms with Gasteiger partial charge in [-0.3, -0.25) is 0 Å². The van der Waals surface area contributed by atoms with Crippen LogP contribution in [-0.4, -0.2) is 19.7 Å². The largest absolute Gasteiger partial charge is 0.244 e. The number of aryl methyl sites for hydroxylation is 2. The highest BCUT2D eigenvalue weighted by molar-refractivity contribution is 5.64. The third kappa shape index (κ3) is 2.25. The Bertz CT molecular complexity index is 701. The molecule has 3 rings (SSSR count). The molecule has 19 heavy (non-hydrogen) atoms. The Morgan fingerprint density at radius 1 is 0.947 bits per heavy atom. The molecule has 0 amide bonds. The molecule has 0 spiro atoms. The Morgan fingerprint density at radius 3 is 2.42 bits per heavy atom. The van der Waals surface area contributed by atoms with Gasteiger partial charge in [-0.05, 0) is 37.6 Å². The van der Waals surface area contributed by atoms with Crippen molar-refractivity contribution in [3.63, 3.8) is 0 Å². The van der Waals surface area contributed by atoms with E-state index in [1.54, 1.807) is 0 Å². The molecule has 0 aliphatic rings. The van der Waals surface area contributed by atoms with Crippen LogP contribution in [0.1, 0.15) is 11.4 Å². The van der Waals surface area contributed by atoms with Crippen LogP contribution in [0.25, 0.3) is 16.8 Å². The van der Waals surface area contributed by atoms with Crippen LogP contribution in [0, 0.1) is 13.8 Å². The molecule has 0 radical (unpaired) electrons. The van der Waals surface area contributed by atoms with Crippen LogP contribution in [-0.2, 0) is 0 Å². The van der Waals surface area contributed by atoms with Crippen LogP contribution >= 0.6 is 0 Å². The number of benzene rings is 1. The molecule has 2 heterocycles. The standard InChI is InChI=1S/C15H14N4/c1-11-6-12(2)19(18-11)15-5-3-4-13(7-15)14-8-16-10-17-9-14/h3-10H,1-2H3. The summed E-state index contributed by atoms with van der Waals surface area (Å²) in [7, 11) is 0. The van der Waals surface area contributed by atoms with E-state index in [9.17, 15) is 0 Å². The Hall–Kier alpha value is -2.49. The summed E-state index contributed by atoms with van der Waals surface area (Å²) in [6.07, 6.45) is 5.16. The van der Waals surface area contributed by atoms with Gasteiger partial charge in [0.05, 0.1) is 11.4 Å². The average Bonchev–Trinajstić information content (AvgIpc) is 2.79. The van der Waals surface area contributed by atoms with Crippen LogP contribution in [0.4, 0.5) is 0 Å². The van der Waals surface area contributed by atoms with E-state index < -0.39 is 0 Å². The number of hydrogen-bond donors (Lipinski definition) is 0. The van der Waals surface area contributed by atoms with E-state index >= 15 is 0 Å². The minimum Gasteiger partial charge on any atom is -0.244 e. The van der Waals surface area contributed by atoms with Crippen molar-refractivity contribution in [3.05, 3.63) is 60.4 Å². The fourth-order valence-electron chi connectivity index (χ4n) is 2.16. The first-order valence-corrected chi connectivity index (χ1v) is 6.13. The fourth-order valence-corrected chi connectivity index (χ4v) is 2.16. The van der Waals surface area contributed by atoms with Gasteiger partial charge in [0.25, 0.3) is 0 Å². The van der Waals surface area contributed by atoms with Crippen molar-refractivity contribution < 1.29 is 0 Å². The van der Waals surface area contributed by atoms with Gasteiger partial charge in [-0.1, -0.05) is 12.1 Å². The van der Waals surface area contributed by atoms with Gasteiger partial charge in [0.2, 0.25) is 0 Å². The summed E-state index contributed by atoms with van der Waals surface area (Å²) < 4.78 is 1.95. The Labute approximate surface area is 111 Å². The van der Waals surface area contributed by atoms with Crippen molar-refractivity contribution in [3.8, 4) is 16.8 Å². The molecule has 0 fully saturated rings. The van der Waals surface area contributed by atoms with E-state index in [1.165, 1.54) is 6.33 Å². The minimum absolute atomic E-state index is 1.01. The highest BCUT2D eigenvalue weighted by atomic mass is 15.3. The Balaban J connectivity index is 2.08. The van der Waals surface area contributed by atoms with Crippen molar-refractivity contribution in [2.45, 2.75) is 13.8 Å². The lowest BCUT2D eigenvalue weighted by atomic mass is 10.1. The molecule has 0 unspecified atom stereocenters. The number of hydrogen-bond acceptors (Lipinski definition) is 3. The van der Waals surface area contributed by atoms with Crippen LogP contribution in [0.2, 0.25) is 0 Å². The first-order valence-electron chi connectivity index (χ1n) is 6.13. The maximum Gasteiger partial charge on any atom is 0.115 e. The van der Waals surface area contributed by atoms with E-state index in [1.807, 2.05) is 42.2 Å². The predicted molar refractivity (Wildman–Crippen MR) is 74.1 cm³/mol. The molecule has 0 N–H and O–H groups in total. The molecule has 0 saturated heterocycles. The summed E-state index contributed by atoms with van der Waals surface area (Å²) in [6.45, 7) is 4.05. The monoisotopic (exact) mass is 250 g/mol. The molecule has 0 aliphatic carbocycles. The molecule has 0 bridgehead atoms. The summed E-state index contributed by atoms with van der Waals surface area (Å²) in [5.41, 5.74) is 5.29. The van der Waals surface area contributed by atoms with E-state index in [-0.39, 0.29) is 0 Å². The normalized spacial score (nSPS) is 10.6. The van der Waals surface area contributed by atoms with Crippen molar-refractivity contribution in [1.29, 1.82) is 0 Å². The van der Waals surface area contributed by atoms with Crippen LogP contribution in [0.3, 0.4) is 0 Å². The fraction of sp³-hybridized carbons (Fsp3) is 0.133. The zero-order valence-electron chi connectivity index (χ0n) is 10.9. The van der Waals surface area contributed by atoms with Gasteiger partial charge in [-0.15, -0.1) is 0 Å². The average molecular weight is 250 g/mol. The Kier molecular flexibility index (Phi) is 2.83. The molecule has 1 aromatic carbocycles. The van der Waals surface area contributed by atoms with Crippen LogP contribution < -0.4 is 0 Å². The molecule has 94 valence electrons. The highest BCUT2D eigenvalue weighted by Crippen LogP contribution is 2.21. The third-order valence-electron chi connectivity index (χ3n) is 2.99. The maximum absolute atomic E-state index is 4.50. The number of aromatic nitrogens is 4. The highest BCUT2D eigenvalue weighted by Gasteiger charge is 2.05. The van der Waals surface area contributed by atoms with E-state index in [0.717, 1.165) is 28.2 Å². The van der Waals surface area contributed by atoms with Crippen molar-refractivity contribution >= 4 is 0 Å². The molecule has 0 saturated carbocycles. The summed E-state index contributed by atoms with van der Waals surface area (Å²) in [4.78, 5) is 8.10. The van der Waals surface area contributed by atoms with E-state index in [4.69, 9.17) is 0 Å². The van der Waals surface area contributed by atoms with Crippen molar-refractivity contribution in [1.82, 2.24) is 19.7 Å². The second-order valence-electron chi connectivity index (χ2n) is 4.52. The smallest absolute Gasteiger partial charge is 0.115 e. The molecular weight excluding hydrogens is 236 g/mol. The van der Waals surface area contributed by atoms with Crippen LogP contribution in [0.15, 0.2) is 49.1 Å². The molecule has 3 aromatic rings. The van der Waals surface area contributed by atoms with Crippen molar-refractivity contribution in [2.24, 2.45) is 0 Å². The zero-order chi connectivity index (χ0) is 13.2. The van der Waals surface area contributed by atoms with Gasteiger partial charge >= 0.3 is 0 Å². The molecular formula is C15H14N4. The molecule has 4 heteroatoms. The Morgan fingerprint density at radius 2 is 1.74 bits per heavy atom. The second-order valence-corrected chi connectivity index (χ2v) is 4.52. The first kappa shape index (κ1) is 11.6. The molecule has 4 nitrogen and oxygen atoms in total. The first-order chi connectivity index (χ1) is 9.24.